The molecule has 3 N–H and O–H groups in total. The Bertz CT molecular complexity index is 536. The van der Waals surface area contributed by atoms with Crippen LogP contribution in [0.25, 0.3) is 0 Å². The topological polar surface area (TPSA) is 86.9 Å². The van der Waals surface area contributed by atoms with Gasteiger partial charge in [-0.1, -0.05) is 0 Å². The first kappa shape index (κ1) is 15.8. The summed E-state index contributed by atoms with van der Waals surface area (Å²) in [6.07, 6.45) is 2.16. The second kappa shape index (κ2) is 6.93. The molecular formula is C12H22N4O2S2. The molecule has 0 aromatic carbocycles. The molecule has 0 saturated carbocycles. The highest BCUT2D eigenvalue weighted by molar-refractivity contribution is 7.99. The number of nitrogens with one attached hydrogen (secondary N) is 3. The summed E-state index contributed by atoms with van der Waals surface area (Å²) in [6, 6.07) is 0. The van der Waals surface area contributed by atoms with Gasteiger partial charge in [0.2, 0.25) is 0 Å². The Morgan fingerprint density at radius 3 is 2.75 bits per heavy atom. The fourth-order valence-electron chi connectivity index (χ4n) is 2.28. The van der Waals surface area contributed by atoms with Gasteiger partial charge in [0.05, 0.1) is 0 Å². The minimum absolute atomic E-state index is 0.120. The summed E-state index contributed by atoms with van der Waals surface area (Å²) in [4.78, 5) is 0. The molecule has 6 nitrogen and oxygen atoms in total. The molecule has 1 fully saturated rings. The number of aromatic nitrogens is 2. The number of aromatic amines is 1. The lowest BCUT2D eigenvalue weighted by Gasteiger charge is -2.21. The Kier molecular flexibility index (Phi) is 5.48. The van der Waals surface area contributed by atoms with Crippen molar-refractivity contribution in [3.8, 4) is 0 Å². The second-order valence-electron chi connectivity index (χ2n) is 5.07. The molecule has 1 saturated heterocycles. The van der Waals surface area contributed by atoms with Crippen LogP contribution in [-0.2, 0) is 16.6 Å². The Morgan fingerprint density at radius 1 is 1.40 bits per heavy atom. The zero-order valence-corrected chi connectivity index (χ0v) is 13.5. The van der Waals surface area contributed by atoms with Gasteiger partial charge in [-0.15, -0.1) is 0 Å². The molecular weight excluding hydrogens is 296 g/mol. The van der Waals surface area contributed by atoms with Crippen molar-refractivity contribution in [1.29, 1.82) is 0 Å². The summed E-state index contributed by atoms with van der Waals surface area (Å²) in [7, 11) is -1.74. The van der Waals surface area contributed by atoms with Crippen molar-refractivity contribution in [2.24, 2.45) is 5.92 Å². The van der Waals surface area contributed by atoms with Crippen molar-refractivity contribution in [2.45, 2.75) is 31.3 Å². The highest BCUT2D eigenvalue weighted by Gasteiger charge is 2.24. The van der Waals surface area contributed by atoms with Gasteiger partial charge in [0.1, 0.15) is 0 Å². The zero-order chi connectivity index (χ0) is 14.6. The SMILES string of the molecule is CNCc1c(S(=O)(=O)NCC2CCSCC2)n[nH]c1C. The molecule has 1 aliphatic heterocycles. The van der Waals surface area contributed by atoms with E-state index in [0.29, 0.717) is 24.6 Å². The first-order valence-corrected chi connectivity index (χ1v) is 9.44. The molecule has 20 heavy (non-hydrogen) atoms. The zero-order valence-electron chi connectivity index (χ0n) is 11.9. The van der Waals surface area contributed by atoms with E-state index < -0.39 is 10.0 Å². The number of aryl methyl sites for hydroxylation is 1. The lowest BCUT2D eigenvalue weighted by molar-refractivity contribution is 0.475. The Balaban J connectivity index is 2.05. The third-order valence-electron chi connectivity index (χ3n) is 3.55. The molecule has 0 spiro atoms. The van der Waals surface area contributed by atoms with E-state index in [1.165, 1.54) is 0 Å². The van der Waals surface area contributed by atoms with Crippen molar-refractivity contribution in [3.05, 3.63) is 11.3 Å². The van der Waals surface area contributed by atoms with E-state index in [9.17, 15) is 8.42 Å². The maximum absolute atomic E-state index is 12.4. The maximum Gasteiger partial charge on any atom is 0.260 e. The number of sulfonamides is 1. The molecule has 0 aliphatic carbocycles. The minimum Gasteiger partial charge on any atom is -0.316 e. The molecule has 2 heterocycles. The Labute approximate surface area is 124 Å². The number of nitrogens with zero attached hydrogens (tertiary/aromatic N) is 1. The standard InChI is InChI=1S/C12H22N4O2S2/c1-9-11(8-13-2)12(16-15-9)20(17,18)14-7-10-3-5-19-6-4-10/h10,13-14H,3-8H2,1-2H3,(H,15,16). The fourth-order valence-corrected chi connectivity index (χ4v) is 4.80. The highest BCUT2D eigenvalue weighted by Crippen LogP contribution is 2.23. The van der Waals surface area contributed by atoms with Crippen LogP contribution in [0.1, 0.15) is 24.1 Å². The van der Waals surface area contributed by atoms with Gasteiger partial charge >= 0.3 is 0 Å². The largest absolute Gasteiger partial charge is 0.316 e. The van der Waals surface area contributed by atoms with Crippen molar-refractivity contribution in [3.63, 3.8) is 0 Å². The van der Waals surface area contributed by atoms with Gasteiger partial charge < -0.3 is 5.32 Å². The van der Waals surface area contributed by atoms with Gasteiger partial charge in [-0.2, -0.15) is 16.9 Å². The van der Waals surface area contributed by atoms with E-state index >= 15 is 0 Å². The van der Waals surface area contributed by atoms with Crippen LogP contribution >= 0.6 is 11.8 Å². The van der Waals surface area contributed by atoms with E-state index in [1.54, 1.807) is 7.05 Å². The number of rotatable bonds is 6. The number of thioether (sulfide) groups is 1. The molecule has 8 heteroatoms. The summed E-state index contributed by atoms with van der Waals surface area (Å²) < 4.78 is 27.4. The average molecular weight is 318 g/mol. The fraction of sp³-hybridized carbons (Fsp3) is 0.750. The van der Waals surface area contributed by atoms with Crippen LogP contribution in [0.3, 0.4) is 0 Å². The Hall–Kier alpha value is -0.570. The molecule has 1 aromatic heterocycles. The average Bonchev–Trinajstić information content (AvgIpc) is 2.81. The van der Waals surface area contributed by atoms with Crippen LogP contribution in [0, 0.1) is 12.8 Å². The first-order chi connectivity index (χ1) is 9.54. The molecule has 114 valence electrons. The number of hydrogen-bond acceptors (Lipinski definition) is 5. The quantitative estimate of drug-likeness (QED) is 0.724. The summed E-state index contributed by atoms with van der Waals surface area (Å²) in [5.41, 5.74) is 1.49. The van der Waals surface area contributed by atoms with E-state index in [4.69, 9.17) is 0 Å². The molecule has 1 aliphatic rings. The van der Waals surface area contributed by atoms with Crippen LogP contribution in [0.2, 0.25) is 0 Å². The Morgan fingerprint density at radius 2 is 2.10 bits per heavy atom. The summed E-state index contributed by atoms with van der Waals surface area (Å²) >= 11 is 1.94. The summed E-state index contributed by atoms with van der Waals surface area (Å²) in [6.45, 7) is 2.82. The van der Waals surface area contributed by atoms with Gasteiger partial charge in [-0.05, 0) is 44.2 Å². The van der Waals surface area contributed by atoms with Gasteiger partial charge in [0.15, 0.2) is 5.03 Å². The predicted molar refractivity (Wildman–Crippen MR) is 81.3 cm³/mol. The smallest absolute Gasteiger partial charge is 0.260 e. The normalized spacial score (nSPS) is 17.5. The third-order valence-corrected chi connectivity index (χ3v) is 5.99. The van der Waals surface area contributed by atoms with Crippen LogP contribution in [-0.4, -0.2) is 43.7 Å². The van der Waals surface area contributed by atoms with Crippen LogP contribution in [0.15, 0.2) is 5.03 Å². The van der Waals surface area contributed by atoms with E-state index in [1.807, 2.05) is 18.7 Å². The number of H-pyrrole nitrogens is 1. The highest BCUT2D eigenvalue weighted by atomic mass is 32.2. The molecule has 1 aromatic rings. The monoisotopic (exact) mass is 318 g/mol. The second-order valence-corrected chi connectivity index (χ2v) is 7.98. The maximum atomic E-state index is 12.4. The van der Waals surface area contributed by atoms with Crippen molar-refractivity contribution >= 4 is 21.8 Å². The molecule has 2 rings (SSSR count). The van der Waals surface area contributed by atoms with E-state index in [-0.39, 0.29) is 5.03 Å². The molecule has 0 amide bonds. The van der Waals surface area contributed by atoms with E-state index in [2.05, 4.69) is 20.2 Å². The van der Waals surface area contributed by atoms with Crippen LogP contribution in [0.5, 0.6) is 0 Å². The van der Waals surface area contributed by atoms with E-state index in [0.717, 1.165) is 30.0 Å². The lowest BCUT2D eigenvalue weighted by atomic mass is 10.0. The summed E-state index contributed by atoms with van der Waals surface area (Å²) in [5.74, 6) is 2.69. The molecule has 0 radical (unpaired) electrons. The van der Waals surface area contributed by atoms with Crippen molar-refractivity contribution in [1.82, 2.24) is 20.2 Å². The third kappa shape index (κ3) is 3.75. The number of hydrogen-bond donors (Lipinski definition) is 3. The van der Waals surface area contributed by atoms with Gasteiger partial charge in [0, 0.05) is 24.3 Å². The lowest BCUT2D eigenvalue weighted by Crippen LogP contribution is -2.32. The van der Waals surface area contributed by atoms with Gasteiger partial charge in [-0.25, -0.2) is 13.1 Å². The van der Waals surface area contributed by atoms with Crippen molar-refractivity contribution < 1.29 is 8.42 Å². The molecule has 0 unspecified atom stereocenters. The summed E-state index contributed by atoms with van der Waals surface area (Å²) in [5, 5.41) is 9.80. The molecule has 0 atom stereocenters. The molecule has 0 bridgehead atoms. The van der Waals surface area contributed by atoms with Crippen LogP contribution in [0.4, 0.5) is 0 Å². The van der Waals surface area contributed by atoms with Gasteiger partial charge in [0.25, 0.3) is 10.0 Å². The van der Waals surface area contributed by atoms with Gasteiger partial charge in [-0.3, -0.25) is 5.10 Å². The van der Waals surface area contributed by atoms with Crippen LogP contribution < -0.4 is 10.0 Å². The minimum atomic E-state index is -3.53. The first-order valence-electron chi connectivity index (χ1n) is 6.80. The predicted octanol–water partition coefficient (Wildman–Crippen LogP) is 0.859. The van der Waals surface area contributed by atoms with Crippen molar-refractivity contribution in [2.75, 3.05) is 25.1 Å².